The molecule has 1 aromatic carbocycles. The van der Waals surface area contributed by atoms with Crippen LogP contribution in [-0.4, -0.2) is 14.9 Å². The third kappa shape index (κ3) is 2.70. The minimum Gasteiger partial charge on any atom is -0.368 e. The summed E-state index contributed by atoms with van der Waals surface area (Å²) in [6.07, 6.45) is 0.895. The number of nitrogens with zero attached hydrogens (tertiary/aromatic N) is 3. The fraction of sp³-hybridized carbons (Fsp3) is 0. The molecule has 2 aromatic rings. The molecule has 9 heteroatoms. The van der Waals surface area contributed by atoms with Crippen molar-refractivity contribution in [3.63, 3.8) is 0 Å². The quantitative estimate of drug-likeness (QED) is 0.650. The normalized spacial score (nSPS) is 10.2. The van der Waals surface area contributed by atoms with E-state index >= 15 is 0 Å². The number of hydrogen-bond donors (Lipinski definition) is 2. The average Bonchev–Trinajstić information content (AvgIpc) is 2.32. The molecule has 0 aliphatic rings. The minimum atomic E-state index is -0.911. The Morgan fingerprint density at radius 1 is 1.37 bits per heavy atom. The highest BCUT2D eigenvalue weighted by Gasteiger charge is 2.18. The highest BCUT2D eigenvalue weighted by molar-refractivity contribution is 5.66. The predicted octanol–water partition coefficient (Wildman–Crippen LogP) is 1.99. The number of nitrogens with one attached hydrogen (secondary N) is 1. The first-order valence-electron chi connectivity index (χ1n) is 4.96. The zero-order valence-corrected chi connectivity index (χ0v) is 9.30. The molecule has 1 heterocycles. The first-order valence-corrected chi connectivity index (χ1v) is 4.96. The van der Waals surface area contributed by atoms with Gasteiger partial charge in [-0.2, -0.15) is 4.98 Å². The van der Waals surface area contributed by atoms with Crippen molar-refractivity contribution in [2.24, 2.45) is 0 Å². The van der Waals surface area contributed by atoms with Crippen molar-refractivity contribution in [3.8, 4) is 0 Å². The molecule has 0 fully saturated rings. The molecule has 0 saturated carbocycles. The monoisotopic (exact) mass is 267 g/mol. The van der Waals surface area contributed by atoms with Gasteiger partial charge in [-0.15, -0.1) is 0 Å². The van der Waals surface area contributed by atoms with Crippen LogP contribution in [0.4, 0.5) is 31.9 Å². The lowest BCUT2D eigenvalue weighted by atomic mass is 10.3. The Morgan fingerprint density at radius 2 is 2.11 bits per heavy atom. The lowest BCUT2D eigenvalue weighted by Gasteiger charge is -2.07. The molecule has 0 aliphatic carbocycles. The zero-order chi connectivity index (χ0) is 14.0. The van der Waals surface area contributed by atoms with Gasteiger partial charge in [-0.1, -0.05) is 0 Å². The molecule has 0 saturated heterocycles. The summed E-state index contributed by atoms with van der Waals surface area (Å²) in [4.78, 5) is 17.1. The SMILES string of the molecule is Nc1ncc([N+](=O)[O-])c(Nc2ccc(F)cc2F)n1. The Bertz CT molecular complexity index is 650. The average molecular weight is 267 g/mol. The summed E-state index contributed by atoms with van der Waals surface area (Å²) in [6, 6.07) is 2.73. The molecule has 2 rings (SSSR count). The van der Waals surface area contributed by atoms with Gasteiger partial charge in [0.1, 0.15) is 17.8 Å². The van der Waals surface area contributed by atoms with E-state index in [0.29, 0.717) is 6.07 Å². The maximum atomic E-state index is 13.4. The number of aromatic nitrogens is 2. The van der Waals surface area contributed by atoms with E-state index in [1.165, 1.54) is 0 Å². The molecule has 1 aromatic heterocycles. The summed E-state index contributed by atoms with van der Waals surface area (Å²) >= 11 is 0. The molecule has 19 heavy (non-hydrogen) atoms. The highest BCUT2D eigenvalue weighted by atomic mass is 19.1. The van der Waals surface area contributed by atoms with Crippen LogP contribution in [0.1, 0.15) is 0 Å². The molecule has 0 atom stereocenters. The highest BCUT2D eigenvalue weighted by Crippen LogP contribution is 2.26. The van der Waals surface area contributed by atoms with Gasteiger partial charge in [-0.25, -0.2) is 13.8 Å². The van der Waals surface area contributed by atoms with Gasteiger partial charge in [0, 0.05) is 6.07 Å². The van der Waals surface area contributed by atoms with Crippen LogP contribution in [0.15, 0.2) is 24.4 Å². The topological polar surface area (TPSA) is 107 Å². The second-order valence-corrected chi connectivity index (χ2v) is 3.47. The second-order valence-electron chi connectivity index (χ2n) is 3.47. The molecular weight excluding hydrogens is 260 g/mol. The van der Waals surface area contributed by atoms with E-state index in [9.17, 15) is 18.9 Å². The van der Waals surface area contributed by atoms with Crippen molar-refractivity contribution in [1.82, 2.24) is 9.97 Å². The maximum absolute atomic E-state index is 13.4. The lowest BCUT2D eigenvalue weighted by molar-refractivity contribution is -0.384. The van der Waals surface area contributed by atoms with Crippen LogP contribution >= 0.6 is 0 Å². The van der Waals surface area contributed by atoms with Crippen LogP contribution in [0.3, 0.4) is 0 Å². The third-order valence-corrected chi connectivity index (χ3v) is 2.17. The van der Waals surface area contributed by atoms with Gasteiger partial charge in [-0.05, 0) is 12.1 Å². The van der Waals surface area contributed by atoms with Gasteiger partial charge in [0.2, 0.25) is 11.8 Å². The summed E-state index contributed by atoms with van der Waals surface area (Å²) in [6.45, 7) is 0. The molecule has 0 radical (unpaired) electrons. The predicted molar refractivity (Wildman–Crippen MR) is 62.7 cm³/mol. The molecule has 0 spiro atoms. The van der Waals surface area contributed by atoms with E-state index in [4.69, 9.17) is 5.73 Å². The fourth-order valence-electron chi connectivity index (χ4n) is 1.33. The Hall–Kier alpha value is -2.84. The van der Waals surface area contributed by atoms with Crippen molar-refractivity contribution >= 4 is 23.1 Å². The Balaban J connectivity index is 2.42. The fourth-order valence-corrected chi connectivity index (χ4v) is 1.33. The molecule has 0 aliphatic heterocycles. The minimum absolute atomic E-state index is 0.164. The van der Waals surface area contributed by atoms with E-state index in [-0.39, 0.29) is 17.5 Å². The van der Waals surface area contributed by atoms with E-state index in [1.54, 1.807) is 0 Å². The van der Waals surface area contributed by atoms with E-state index < -0.39 is 22.2 Å². The van der Waals surface area contributed by atoms with Crippen molar-refractivity contribution in [3.05, 3.63) is 46.1 Å². The number of rotatable bonds is 3. The van der Waals surface area contributed by atoms with E-state index in [1.807, 2.05) is 0 Å². The summed E-state index contributed by atoms with van der Waals surface area (Å²) in [7, 11) is 0. The summed E-state index contributed by atoms with van der Waals surface area (Å²) in [5.41, 5.74) is 4.67. The largest absolute Gasteiger partial charge is 0.368 e. The van der Waals surface area contributed by atoms with Crippen molar-refractivity contribution in [2.75, 3.05) is 11.1 Å². The van der Waals surface area contributed by atoms with Crippen LogP contribution in [-0.2, 0) is 0 Å². The van der Waals surface area contributed by atoms with Gasteiger partial charge >= 0.3 is 5.69 Å². The van der Waals surface area contributed by atoms with Crippen LogP contribution in [0.25, 0.3) is 0 Å². The molecular formula is C10H7F2N5O2. The lowest BCUT2D eigenvalue weighted by Crippen LogP contribution is -2.05. The first-order chi connectivity index (χ1) is 8.97. The number of nitrogens with two attached hydrogens (primary N) is 1. The zero-order valence-electron chi connectivity index (χ0n) is 9.30. The van der Waals surface area contributed by atoms with Crippen LogP contribution in [0.2, 0.25) is 0 Å². The van der Waals surface area contributed by atoms with Crippen LogP contribution < -0.4 is 11.1 Å². The van der Waals surface area contributed by atoms with Crippen molar-refractivity contribution < 1.29 is 13.7 Å². The molecule has 0 bridgehead atoms. The maximum Gasteiger partial charge on any atom is 0.329 e. The standard InChI is InChI=1S/C10H7F2N5O2/c11-5-1-2-7(6(12)3-5)15-9-8(17(18)19)4-14-10(13)16-9/h1-4H,(H3,13,14,15,16). The number of anilines is 3. The Morgan fingerprint density at radius 3 is 2.74 bits per heavy atom. The van der Waals surface area contributed by atoms with Crippen LogP contribution in [0, 0.1) is 21.7 Å². The van der Waals surface area contributed by atoms with Gasteiger partial charge in [0.25, 0.3) is 0 Å². The van der Waals surface area contributed by atoms with Gasteiger partial charge in [0.15, 0.2) is 0 Å². The van der Waals surface area contributed by atoms with Crippen LogP contribution in [0.5, 0.6) is 0 Å². The van der Waals surface area contributed by atoms with Gasteiger partial charge in [-0.3, -0.25) is 10.1 Å². The summed E-state index contributed by atoms with van der Waals surface area (Å²) in [5, 5.41) is 13.1. The smallest absolute Gasteiger partial charge is 0.329 e. The van der Waals surface area contributed by atoms with E-state index in [0.717, 1.165) is 18.3 Å². The molecule has 7 nitrogen and oxygen atoms in total. The summed E-state index contributed by atoms with van der Waals surface area (Å²) in [5.74, 6) is -2.16. The number of hydrogen-bond acceptors (Lipinski definition) is 6. The molecule has 98 valence electrons. The van der Waals surface area contributed by atoms with E-state index in [2.05, 4.69) is 15.3 Å². The molecule has 0 unspecified atom stereocenters. The second kappa shape index (κ2) is 4.80. The van der Waals surface area contributed by atoms with Crippen molar-refractivity contribution in [1.29, 1.82) is 0 Å². The molecule has 3 N–H and O–H groups in total. The van der Waals surface area contributed by atoms with Gasteiger partial charge < -0.3 is 11.1 Å². The number of nitrogen functional groups attached to an aromatic ring is 1. The van der Waals surface area contributed by atoms with Crippen molar-refractivity contribution in [2.45, 2.75) is 0 Å². The third-order valence-electron chi connectivity index (χ3n) is 2.17. The summed E-state index contributed by atoms with van der Waals surface area (Å²) < 4.78 is 26.2. The molecule has 0 amide bonds. The Kier molecular flexibility index (Phi) is 3.19. The first kappa shape index (κ1) is 12.6. The number of nitro groups is 1. The van der Waals surface area contributed by atoms with Gasteiger partial charge in [0.05, 0.1) is 10.6 Å². The Labute approximate surface area is 105 Å². The number of halogens is 2. The number of benzene rings is 1.